The number of rotatable bonds is 5. The fourth-order valence-corrected chi connectivity index (χ4v) is 3.22. The predicted octanol–water partition coefficient (Wildman–Crippen LogP) is 5.24. The molecule has 0 N–H and O–H groups in total. The van der Waals surface area contributed by atoms with Crippen LogP contribution in [0.5, 0.6) is 5.75 Å². The van der Waals surface area contributed by atoms with Crippen LogP contribution in [0.2, 0.25) is 0 Å². The van der Waals surface area contributed by atoms with Crippen LogP contribution >= 0.6 is 17.0 Å². The number of carbonyl (C=O) groups is 1. The number of hydrogen-bond donors (Lipinski definition) is 0. The Morgan fingerprint density at radius 1 is 1.11 bits per heavy atom. The third kappa shape index (κ3) is 5.67. The number of methoxy groups -OCH3 is 1. The van der Waals surface area contributed by atoms with Gasteiger partial charge in [0.1, 0.15) is 11.6 Å². The molecule has 1 heterocycles. The number of hydrogen-bond acceptors (Lipinski definition) is 4. The number of aryl methyl sites for hydroxylation is 1. The SMILES string of the molecule is Br.COc1ccc(C(=O)CN(C2=NCCCCC2)c2cccc(C)c2)cc1. The molecular formula is C22H27BrN2O2. The van der Waals surface area contributed by atoms with Crippen molar-refractivity contribution >= 4 is 34.3 Å². The number of ether oxygens (including phenoxy) is 1. The van der Waals surface area contributed by atoms with Gasteiger partial charge in [0.05, 0.1) is 13.7 Å². The highest BCUT2D eigenvalue weighted by Gasteiger charge is 2.19. The van der Waals surface area contributed by atoms with Gasteiger partial charge in [-0.3, -0.25) is 9.79 Å². The van der Waals surface area contributed by atoms with Gasteiger partial charge in [-0.2, -0.15) is 0 Å². The maximum absolute atomic E-state index is 12.9. The molecule has 5 heteroatoms. The number of halogens is 1. The number of nitrogens with zero attached hydrogens (tertiary/aromatic N) is 2. The van der Waals surface area contributed by atoms with Gasteiger partial charge >= 0.3 is 0 Å². The van der Waals surface area contributed by atoms with E-state index >= 15 is 0 Å². The summed E-state index contributed by atoms with van der Waals surface area (Å²) in [5.41, 5.74) is 2.91. The van der Waals surface area contributed by atoms with Gasteiger partial charge in [0.2, 0.25) is 0 Å². The molecule has 0 amide bonds. The predicted molar refractivity (Wildman–Crippen MR) is 117 cm³/mol. The third-order valence-electron chi connectivity index (χ3n) is 4.69. The van der Waals surface area contributed by atoms with Crippen LogP contribution in [0.4, 0.5) is 5.69 Å². The number of anilines is 1. The molecule has 0 atom stereocenters. The summed E-state index contributed by atoms with van der Waals surface area (Å²) in [6.45, 7) is 3.21. The van der Waals surface area contributed by atoms with Crippen LogP contribution < -0.4 is 9.64 Å². The van der Waals surface area contributed by atoms with Gasteiger partial charge in [-0.15, -0.1) is 17.0 Å². The second-order valence-corrected chi connectivity index (χ2v) is 6.69. The summed E-state index contributed by atoms with van der Waals surface area (Å²) >= 11 is 0. The van der Waals surface area contributed by atoms with E-state index in [4.69, 9.17) is 9.73 Å². The minimum absolute atomic E-state index is 0. The molecule has 0 aromatic heterocycles. The standard InChI is InChI=1S/C22H26N2O2.BrH/c1-17-7-6-8-19(15-17)24(22-9-4-3-5-14-23-22)16-21(25)18-10-12-20(26-2)13-11-18;/h6-8,10-13,15H,3-5,9,14,16H2,1-2H3;1H. The van der Waals surface area contributed by atoms with Crippen molar-refractivity contribution in [2.24, 2.45) is 4.99 Å². The molecule has 0 aliphatic carbocycles. The minimum atomic E-state index is 0. The lowest BCUT2D eigenvalue weighted by Crippen LogP contribution is -2.36. The molecule has 2 aromatic carbocycles. The lowest BCUT2D eigenvalue weighted by atomic mass is 10.1. The summed E-state index contributed by atoms with van der Waals surface area (Å²) in [4.78, 5) is 19.8. The molecule has 0 radical (unpaired) electrons. The Labute approximate surface area is 172 Å². The molecule has 4 nitrogen and oxygen atoms in total. The summed E-state index contributed by atoms with van der Waals surface area (Å²) in [6, 6.07) is 15.6. The van der Waals surface area contributed by atoms with Crippen molar-refractivity contribution < 1.29 is 9.53 Å². The summed E-state index contributed by atoms with van der Waals surface area (Å²) in [5.74, 6) is 1.86. The van der Waals surface area contributed by atoms with E-state index < -0.39 is 0 Å². The smallest absolute Gasteiger partial charge is 0.182 e. The summed E-state index contributed by atoms with van der Waals surface area (Å²) in [5, 5.41) is 0. The highest BCUT2D eigenvalue weighted by Crippen LogP contribution is 2.21. The van der Waals surface area contributed by atoms with Gasteiger partial charge in [-0.05, 0) is 61.7 Å². The largest absolute Gasteiger partial charge is 0.497 e. The van der Waals surface area contributed by atoms with Crippen LogP contribution in [0.3, 0.4) is 0 Å². The van der Waals surface area contributed by atoms with Crippen LogP contribution in [-0.2, 0) is 0 Å². The van der Waals surface area contributed by atoms with E-state index in [0.717, 1.165) is 43.1 Å². The second-order valence-electron chi connectivity index (χ2n) is 6.69. The summed E-state index contributed by atoms with van der Waals surface area (Å²) in [7, 11) is 1.63. The number of carbonyl (C=O) groups excluding carboxylic acids is 1. The van der Waals surface area contributed by atoms with Crippen LogP contribution in [0.15, 0.2) is 53.5 Å². The van der Waals surface area contributed by atoms with Gasteiger partial charge in [0.25, 0.3) is 0 Å². The highest BCUT2D eigenvalue weighted by atomic mass is 79.9. The first-order valence-electron chi connectivity index (χ1n) is 9.22. The molecule has 27 heavy (non-hydrogen) atoms. The third-order valence-corrected chi connectivity index (χ3v) is 4.69. The molecule has 0 unspecified atom stereocenters. The van der Waals surface area contributed by atoms with E-state index in [2.05, 4.69) is 30.0 Å². The fraction of sp³-hybridized carbons (Fsp3) is 0.364. The van der Waals surface area contributed by atoms with Gasteiger partial charge in [0.15, 0.2) is 5.78 Å². The molecule has 0 fully saturated rings. The van der Waals surface area contributed by atoms with Crippen molar-refractivity contribution in [1.82, 2.24) is 0 Å². The Morgan fingerprint density at radius 2 is 1.89 bits per heavy atom. The Morgan fingerprint density at radius 3 is 2.59 bits per heavy atom. The number of Topliss-reactive ketones (excluding diaryl/α,β-unsaturated/α-hetero) is 1. The maximum Gasteiger partial charge on any atom is 0.182 e. The zero-order chi connectivity index (χ0) is 18.4. The van der Waals surface area contributed by atoms with Crippen molar-refractivity contribution in [3.05, 3.63) is 59.7 Å². The molecule has 2 aromatic rings. The molecule has 1 aliphatic rings. The van der Waals surface area contributed by atoms with Crippen LogP contribution in [-0.4, -0.2) is 31.8 Å². The van der Waals surface area contributed by atoms with Gasteiger partial charge in [-0.25, -0.2) is 0 Å². The van der Waals surface area contributed by atoms with Gasteiger partial charge < -0.3 is 9.64 Å². The lowest BCUT2D eigenvalue weighted by molar-refractivity contribution is 0.100. The van der Waals surface area contributed by atoms with Crippen molar-refractivity contribution in [3.63, 3.8) is 0 Å². The Kier molecular flexibility index (Phi) is 8.04. The Bertz CT molecular complexity index is 787. The molecule has 1 aliphatic heterocycles. The molecule has 0 saturated carbocycles. The van der Waals surface area contributed by atoms with E-state index in [1.54, 1.807) is 7.11 Å². The van der Waals surface area contributed by atoms with Crippen molar-refractivity contribution in [1.29, 1.82) is 0 Å². The van der Waals surface area contributed by atoms with Gasteiger partial charge in [-0.1, -0.05) is 18.6 Å². The van der Waals surface area contributed by atoms with Gasteiger partial charge in [0, 0.05) is 24.2 Å². The number of aliphatic imine (C=N–C) groups is 1. The van der Waals surface area contributed by atoms with Crippen LogP contribution in [0, 0.1) is 6.92 Å². The normalized spacial score (nSPS) is 13.8. The van der Waals surface area contributed by atoms with Crippen molar-refractivity contribution in [3.8, 4) is 5.75 Å². The average molecular weight is 431 g/mol. The van der Waals surface area contributed by atoms with E-state index in [1.165, 1.54) is 12.0 Å². The molecular weight excluding hydrogens is 404 g/mol. The van der Waals surface area contributed by atoms with Crippen molar-refractivity contribution in [2.75, 3.05) is 25.1 Å². The number of benzene rings is 2. The minimum Gasteiger partial charge on any atom is -0.497 e. The topological polar surface area (TPSA) is 41.9 Å². The van der Waals surface area contributed by atoms with E-state index in [0.29, 0.717) is 12.1 Å². The van der Waals surface area contributed by atoms with E-state index in [9.17, 15) is 4.79 Å². The highest BCUT2D eigenvalue weighted by molar-refractivity contribution is 8.93. The Hall–Kier alpha value is -2.14. The van der Waals surface area contributed by atoms with E-state index in [-0.39, 0.29) is 22.8 Å². The average Bonchev–Trinajstić information content (AvgIpc) is 2.95. The molecule has 0 bridgehead atoms. The maximum atomic E-state index is 12.9. The summed E-state index contributed by atoms with van der Waals surface area (Å²) < 4.78 is 5.18. The van der Waals surface area contributed by atoms with Crippen molar-refractivity contribution in [2.45, 2.75) is 32.6 Å². The molecule has 0 saturated heterocycles. The molecule has 3 rings (SSSR count). The molecule has 0 spiro atoms. The lowest BCUT2D eigenvalue weighted by Gasteiger charge is -2.26. The monoisotopic (exact) mass is 430 g/mol. The van der Waals surface area contributed by atoms with Crippen LogP contribution in [0.1, 0.15) is 41.6 Å². The Balaban J connectivity index is 0.00000261. The van der Waals surface area contributed by atoms with E-state index in [1.807, 2.05) is 30.3 Å². The zero-order valence-electron chi connectivity index (χ0n) is 16.0. The summed E-state index contributed by atoms with van der Waals surface area (Å²) in [6.07, 6.45) is 4.36. The number of amidine groups is 1. The second kappa shape index (κ2) is 10.3. The first kappa shape index (κ1) is 21.2. The number of ketones is 1. The fourth-order valence-electron chi connectivity index (χ4n) is 3.22. The van der Waals surface area contributed by atoms with Crippen LogP contribution in [0.25, 0.3) is 0 Å². The first-order valence-corrected chi connectivity index (χ1v) is 9.22. The first-order chi connectivity index (χ1) is 12.7. The molecule has 144 valence electrons. The zero-order valence-corrected chi connectivity index (χ0v) is 17.7. The quantitative estimate of drug-likeness (QED) is 0.608.